The maximum absolute atomic E-state index is 11.9. The number of aryl methyl sites for hydroxylation is 2. The van der Waals surface area contributed by atoms with E-state index in [1.54, 1.807) is 24.3 Å². The van der Waals surface area contributed by atoms with Crippen molar-refractivity contribution in [2.24, 2.45) is 0 Å². The summed E-state index contributed by atoms with van der Waals surface area (Å²) >= 11 is 0. The Labute approximate surface area is 139 Å². The first-order valence-electron chi connectivity index (χ1n) is 7.51. The van der Waals surface area contributed by atoms with Crippen LogP contribution in [0.15, 0.2) is 28.8 Å². The molecule has 2 aromatic rings. The van der Waals surface area contributed by atoms with Crippen molar-refractivity contribution in [1.82, 2.24) is 10.5 Å². The van der Waals surface area contributed by atoms with Crippen LogP contribution in [-0.2, 0) is 16.1 Å². The third kappa shape index (κ3) is 4.58. The molecule has 1 N–H and O–H groups in total. The second-order valence-corrected chi connectivity index (χ2v) is 5.20. The van der Waals surface area contributed by atoms with E-state index in [4.69, 9.17) is 9.26 Å². The zero-order valence-electron chi connectivity index (χ0n) is 13.9. The van der Waals surface area contributed by atoms with E-state index in [1.165, 1.54) is 7.11 Å². The van der Waals surface area contributed by atoms with Gasteiger partial charge in [0.1, 0.15) is 18.1 Å². The monoisotopic (exact) mass is 332 g/mol. The summed E-state index contributed by atoms with van der Waals surface area (Å²) in [5.41, 5.74) is 2.21. The fourth-order valence-electron chi connectivity index (χ4n) is 2.05. The third-order valence-electron chi connectivity index (χ3n) is 3.52. The Balaban J connectivity index is 1.86. The number of rotatable bonds is 7. The van der Waals surface area contributed by atoms with Crippen molar-refractivity contribution in [3.05, 3.63) is 46.8 Å². The van der Waals surface area contributed by atoms with Gasteiger partial charge in [-0.05, 0) is 38.1 Å². The molecular weight excluding hydrogens is 312 g/mol. The predicted molar refractivity (Wildman–Crippen MR) is 85.7 cm³/mol. The highest BCUT2D eigenvalue weighted by molar-refractivity contribution is 5.94. The number of nitrogens with one attached hydrogen (secondary N) is 1. The minimum Gasteiger partial charge on any atom is -0.489 e. The molecule has 1 aromatic carbocycles. The first-order valence-corrected chi connectivity index (χ1v) is 7.51. The van der Waals surface area contributed by atoms with Gasteiger partial charge in [-0.3, -0.25) is 9.59 Å². The van der Waals surface area contributed by atoms with Crippen LogP contribution in [0, 0.1) is 13.8 Å². The lowest BCUT2D eigenvalue weighted by Gasteiger charge is -2.08. The normalized spacial score (nSPS) is 10.3. The van der Waals surface area contributed by atoms with E-state index in [9.17, 15) is 9.59 Å². The number of carbonyl (C=O) groups is 2. The van der Waals surface area contributed by atoms with Crippen LogP contribution < -0.4 is 10.1 Å². The molecule has 0 saturated heterocycles. The highest BCUT2D eigenvalue weighted by Gasteiger charge is 2.10. The van der Waals surface area contributed by atoms with Crippen molar-refractivity contribution in [1.29, 1.82) is 0 Å². The number of benzene rings is 1. The molecule has 2 rings (SSSR count). The molecule has 1 heterocycles. The average molecular weight is 332 g/mol. The Bertz CT molecular complexity index is 687. The van der Waals surface area contributed by atoms with Crippen molar-refractivity contribution < 1.29 is 23.6 Å². The molecule has 0 aliphatic heterocycles. The second kappa shape index (κ2) is 8.14. The number of esters is 1. The molecule has 0 saturated carbocycles. The summed E-state index contributed by atoms with van der Waals surface area (Å²) in [5, 5.41) is 6.52. The number of nitrogens with zero attached hydrogens (tertiary/aromatic N) is 1. The van der Waals surface area contributed by atoms with E-state index >= 15 is 0 Å². The van der Waals surface area contributed by atoms with E-state index in [0.29, 0.717) is 17.9 Å². The first kappa shape index (κ1) is 17.5. The highest BCUT2D eigenvalue weighted by atomic mass is 16.5. The van der Waals surface area contributed by atoms with E-state index in [1.807, 2.05) is 13.8 Å². The number of amides is 1. The molecule has 0 aliphatic carbocycles. The van der Waals surface area contributed by atoms with Crippen molar-refractivity contribution in [2.45, 2.75) is 26.9 Å². The molecule has 1 amide bonds. The molecule has 1 aromatic heterocycles. The quantitative estimate of drug-likeness (QED) is 0.781. The lowest BCUT2D eigenvalue weighted by Crippen LogP contribution is -2.26. The Hall–Kier alpha value is -2.83. The van der Waals surface area contributed by atoms with Gasteiger partial charge in [-0.25, -0.2) is 0 Å². The molecule has 0 atom stereocenters. The smallest absolute Gasteiger partial charge is 0.307 e. The summed E-state index contributed by atoms with van der Waals surface area (Å²) in [6.07, 6.45) is 0.140. The van der Waals surface area contributed by atoms with Crippen LogP contribution in [-0.4, -0.2) is 30.7 Å². The molecule has 0 unspecified atom stereocenters. The predicted octanol–water partition coefficient (Wildman–Crippen LogP) is 2.16. The highest BCUT2D eigenvalue weighted by Crippen LogP contribution is 2.17. The fourth-order valence-corrected chi connectivity index (χ4v) is 2.05. The summed E-state index contributed by atoms with van der Waals surface area (Å²) in [6.45, 7) is 4.28. The van der Waals surface area contributed by atoms with Gasteiger partial charge in [0.15, 0.2) is 0 Å². The van der Waals surface area contributed by atoms with Crippen LogP contribution in [0.25, 0.3) is 0 Å². The Morgan fingerprint density at radius 1 is 1.21 bits per heavy atom. The fraction of sp³-hybridized carbons (Fsp3) is 0.353. The Morgan fingerprint density at radius 3 is 2.50 bits per heavy atom. The molecule has 7 heteroatoms. The summed E-state index contributed by atoms with van der Waals surface area (Å²) in [6, 6.07) is 6.76. The second-order valence-electron chi connectivity index (χ2n) is 5.20. The standard InChI is InChI=1S/C17H20N2O5/c1-11-15(12(2)24-19-11)10-23-14-6-4-13(5-7-14)17(21)18-9-8-16(20)22-3/h4-7H,8-10H2,1-3H3,(H,18,21). The van der Waals surface area contributed by atoms with E-state index in [0.717, 1.165) is 17.0 Å². The average Bonchev–Trinajstić information content (AvgIpc) is 2.91. The van der Waals surface area contributed by atoms with Gasteiger partial charge in [-0.1, -0.05) is 5.16 Å². The van der Waals surface area contributed by atoms with Gasteiger partial charge in [-0.2, -0.15) is 0 Å². The summed E-state index contributed by atoms with van der Waals surface area (Å²) in [5.74, 6) is 0.754. The molecule has 0 bridgehead atoms. The van der Waals surface area contributed by atoms with Crippen molar-refractivity contribution in [2.75, 3.05) is 13.7 Å². The molecule has 0 fully saturated rings. The lowest BCUT2D eigenvalue weighted by atomic mass is 10.2. The van der Waals surface area contributed by atoms with Crippen LogP contribution in [0.4, 0.5) is 0 Å². The van der Waals surface area contributed by atoms with Crippen molar-refractivity contribution in [3.63, 3.8) is 0 Å². The van der Waals surface area contributed by atoms with E-state index in [2.05, 4.69) is 15.2 Å². The summed E-state index contributed by atoms with van der Waals surface area (Å²) in [4.78, 5) is 22.9. The van der Waals surface area contributed by atoms with Crippen LogP contribution in [0.5, 0.6) is 5.75 Å². The largest absolute Gasteiger partial charge is 0.489 e. The molecule has 128 valence electrons. The number of hydrogen-bond donors (Lipinski definition) is 1. The molecule has 7 nitrogen and oxygen atoms in total. The molecule has 0 radical (unpaired) electrons. The minimum atomic E-state index is -0.363. The maximum Gasteiger partial charge on any atom is 0.307 e. The lowest BCUT2D eigenvalue weighted by molar-refractivity contribution is -0.140. The number of methoxy groups -OCH3 is 1. The van der Waals surface area contributed by atoms with Gasteiger partial charge in [-0.15, -0.1) is 0 Å². The number of ether oxygens (including phenoxy) is 2. The van der Waals surface area contributed by atoms with Crippen LogP contribution in [0.2, 0.25) is 0 Å². The summed E-state index contributed by atoms with van der Waals surface area (Å²) in [7, 11) is 1.31. The van der Waals surface area contributed by atoms with Gasteiger partial charge in [0.05, 0.1) is 24.8 Å². The van der Waals surface area contributed by atoms with Crippen LogP contribution in [0.3, 0.4) is 0 Å². The minimum absolute atomic E-state index is 0.140. The van der Waals surface area contributed by atoms with Crippen molar-refractivity contribution in [3.8, 4) is 5.75 Å². The summed E-state index contributed by atoms with van der Waals surface area (Å²) < 4.78 is 15.3. The number of carbonyl (C=O) groups excluding carboxylic acids is 2. The SMILES string of the molecule is COC(=O)CCNC(=O)c1ccc(OCc2c(C)noc2C)cc1. The maximum atomic E-state index is 11.9. The van der Waals surface area contributed by atoms with Gasteiger partial charge in [0, 0.05) is 12.1 Å². The molecular formula is C17H20N2O5. The number of hydrogen-bond acceptors (Lipinski definition) is 6. The number of aromatic nitrogens is 1. The molecule has 0 spiro atoms. The Morgan fingerprint density at radius 2 is 1.92 bits per heavy atom. The first-order chi connectivity index (χ1) is 11.5. The molecule has 0 aliphatic rings. The van der Waals surface area contributed by atoms with Gasteiger partial charge in [0.2, 0.25) is 0 Å². The van der Waals surface area contributed by atoms with Crippen LogP contribution >= 0.6 is 0 Å². The van der Waals surface area contributed by atoms with Crippen molar-refractivity contribution >= 4 is 11.9 Å². The Kier molecular flexibility index (Phi) is 5.95. The topological polar surface area (TPSA) is 90.7 Å². The van der Waals surface area contributed by atoms with Crippen LogP contribution in [0.1, 0.15) is 33.8 Å². The third-order valence-corrected chi connectivity index (χ3v) is 3.52. The molecule has 24 heavy (non-hydrogen) atoms. The van der Waals surface area contributed by atoms with Gasteiger partial charge < -0.3 is 19.3 Å². The van der Waals surface area contributed by atoms with Gasteiger partial charge in [0.25, 0.3) is 5.91 Å². The van der Waals surface area contributed by atoms with E-state index in [-0.39, 0.29) is 24.8 Å². The van der Waals surface area contributed by atoms with E-state index < -0.39 is 0 Å². The van der Waals surface area contributed by atoms with Gasteiger partial charge >= 0.3 is 5.97 Å². The zero-order chi connectivity index (χ0) is 17.5. The zero-order valence-corrected chi connectivity index (χ0v) is 13.9.